The van der Waals surface area contributed by atoms with E-state index in [1.165, 1.54) is 19.3 Å². The van der Waals surface area contributed by atoms with Crippen molar-refractivity contribution in [2.75, 3.05) is 0 Å². The number of carbonyl (C=O) groups excluding carboxylic acids is 1. The lowest BCUT2D eigenvalue weighted by atomic mass is 9.96. The third-order valence-electron chi connectivity index (χ3n) is 3.64. The Hall–Kier alpha value is -1.38. The maximum Gasteiger partial charge on any atom is 0.313 e. The molecule has 0 aromatic carbocycles. The maximum atomic E-state index is 12.2. The Labute approximate surface area is 109 Å². The number of aromatic nitrogens is 1. The monoisotopic (exact) mass is 247 g/mol. The summed E-state index contributed by atoms with van der Waals surface area (Å²) < 4.78 is 5.64. The molecule has 1 heterocycles. The summed E-state index contributed by atoms with van der Waals surface area (Å²) in [7, 11) is 0. The summed E-state index contributed by atoms with van der Waals surface area (Å²) in [6.45, 7) is 2.02. The van der Waals surface area contributed by atoms with Crippen molar-refractivity contribution in [2.45, 2.75) is 57.5 Å². The van der Waals surface area contributed by atoms with Gasteiger partial charge in [0, 0.05) is 12.4 Å². The highest BCUT2D eigenvalue weighted by molar-refractivity contribution is 5.78. The third kappa shape index (κ3) is 3.31. The van der Waals surface area contributed by atoms with Crippen LogP contribution in [-0.4, -0.2) is 17.1 Å². The topological polar surface area (TPSA) is 39.2 Å². The van der Waals surface area contributed by atoms with Crippen molar-refractivity contribution in [3.05, 3.63) is 30.1 Å². The van der Waals surface area contributed by atoms with Gasteiger partial charge >= 0.3 is 5.97 Å². The van der Waals surface area contributed by atoms with E-state index in [1.807, 2.05) is 19.1 Å². The smallest absolute Gasteiger partial charge is 0.313 e. The zero-order valence-corrected chi connectivity index (χ0v) is 11.0. The minimum absolute atomic E-state index is 0.0735. The molecule has 18 heavy (non-hydrogen) atoms. The van der Waals surface area contributed by atoms with Crippen molar-refractivity contribution < 1.29 is 9.53 Å². The molecule has 3 heteroatoms. The van der Waals surface area contributed by atoms with Crippen LogP contribution in [-0.2, 0) is 9.53 Å². The molecule has 1 aromatic rings. The molecule has 0 radical (unpaired) electrons. The van der Waals surface area contributed by atoms with Crippen LogP contribution in [0.2, 0.25) is 0 Å². The van der Waals surface area contributed by atoms with E-state index >= 15 is 0 Å². The van der Waals surface area contributed by atoms with Gasteiger partial charge in [-0.15, -0.1) is 0 Å². The van der Waals surface area contributed by atoms with Crippen LogP contribution >= 0.6 is 0 Å². The Morgan fingerprint density at radius 2 is 2.00 bits per heavy atom. The number of hydrogen-bond donors (Lipinski definition) is 0. The van der Waals surface area contributed by atoms with Crippen molar-refractivity contribution in [3.63, 3.8) is 0 Å². The molecule has 1 unspecified atom stereocenters. The summed E-state index contributed by atoms with van der Waals surface area (Å²) in [5, 5.41) is 0. The largest absolute Gasteiger partial charge is 0.462 e. The first-order valence-corrected chi connectivity index (χ1v) is 6.91. The van der Waals surface area contributed by atoms with Crippen molar-refractivity contribution in [3.8, 4) is 0 Å². The number of nitrogens with zero attached hydrogens (tertiary/aromatic N) is 1. The molecular weight excluding hydrogens is 226 g/mol. The van der Waals surface area contributed by atoms with Crippen LogP contribution < -0.4 is 0 Å². The quantitative estimate of drug-likeness (QED) is 0.765. The van der Waals surface area contributed by atoms with Gasteiger partial charge in [0.15, 0.2) is 0 Å². The fourth-order valence-corrected chi connectivity index (χ4v) is 2.56. The number of hydrogen-bond acceptors (Lipinski definition) is 3. The number of esters is 1. The lowest BCUT2D eigenvalue weighted by Crippen LogP contribution is -2.24. The van der Waals surface area contributed by atoms with Gasteiger partial charge in [-0.25, -0.2) is 0 Å². The first-order valence-electron chi connectivity index (χ1n) is 6.91. The molecule has 0 N–H and O–H groups in total. The van der Waals surface area contributed by atoms with Gasteiger partial charge in [-0.05, 0) is 49.8 Å². The van der Waals surface area contributed by atoms with Crippen molar-refractivity contribution in [1.29, 1.82) is 0 Å². The molecule has 1 atom stereocenters. The fraction of sp³-hybridized carbons (Fsp3) is 0.600. The predicted octanol–water partition coefficient (Wildman–Crippen LogP) is 3.45. The summed E-state index contributed by atoms with van der Waals surface area (Å²) in [6, 6.07) is 3.80. The molecule has 0 spiro atoms. The van der Waals surface area contributed by atoms with Crippen LogP contribution in [0.4, 0.5) is 0 Å². The molecule has 0 aliphatic heterocycles. The van der Waals surface area contributed by atoms with Crippen LogP contribution in [0.25, 0.3) is 0 Å². The number of carbonyl (C=O) groups is 1. The van der Waals surface area contributed by atoms with E-state index in [4.69, 9.17) is 4.74 Å². The van der Waals surface area contributed by atoms with E-state index in [2.05, 4.69) is 4.98 Å². The first kappa shape index (κ1) is 13.1. The highest BCUT2D eigenvalue weighted by Gasteiger charge is 2.24. The number of ether oxygens (including phenoxy) is 1. The lowest BCUT2D eigenvalue weighted by molar-refractivity contribution is -0.152. The minimum atomic E-state index is -0.144. The molecule has 1 aliphatic rings. The highest BCUT2D eigenvalue weighted by Crippen LogP contribution is 2.25. The molecular formula is C15H21NO2. The van der Waals surface area contributed by atoms with Crippen LogP contribution in [0.3, 0.4) is 0 Å². The molecule has 3 nitrogen and oxygen atoms in total. The van der Waals surface area contributed by atoms with Gasteiger partial charge in [-0.3, -0.25) is 9.78 Å². The van der Waals surface area contributed by atoms with Crippen molar-refractivity contribution in [1.82, 2.24) is 4.98 Å². The van der Waals surface area contributed by atoms with E-state index in [1.54, 1.807) is 12.4 Å². The summed E-state index contributed by atoms with van der Waals surface area (Å²) in [5.74, 6) is -0.217. The Kier molecular flexibility index (Phi) is 4.73. The third-order valence-corrected chi connectivity index (χ3v) is 3.64. The van der Waals surface area contributed by atoms with Crippen molar-refractivity contribution in [2.24, 2.45) is 0 Å². The molecule has 0 saturated heterocycles. The first-order chi connectivity index (χ1) is 8.81. The minimum Gasteiger partial charge on any atom is -0.462 e. The van der Waals surface area contributed by atoms with E-state index in [0.29, 0.717) is 0 Å². The second-order valence-electron chi connectivity index (χ2n) is 4.94. The van der Waals surface area contributed by atoms with E-state index in [0.717, 1.165) is 24.8 Å². The van der Waals surface area contributed by atoms with E-state index < -0.39 is 0 Å². The molecule has 2 rings (SSSR count). The van der Waals surface area contributed by atoms with Gasteiger partial charge in [-0.2, -0.15) is 0 Å². The second kappa shape index (κ2) is 6.53. The van der Waals surface area contributed by atoms with Crippen LogP contribution in [0.1, 0.15) is 56.9 Å². The second-order valence-corrected chi connectivity index (χ2v) is 4.94. The summed E-state index contributed by atoms with van der Waals surface area (Å²) >= 11 is 0. The van der Waals surface area contributed by atoms with Crippen LogP contribution in [0, 0.1) is 0 Å². The highest BCUT2D eigenvalue weighted by atomic mass is 16.5. The Morgan fingerprint density at radius 3 is 2.61 bits per heavy atom. The Bertz CT molecular complexity index is 371. The van der Waals surface area contributed by atoms with Gasteiger partial charge in [0.25, 0.3) is 0 Å². The lowest BCUT2D eigenvalue weighted by Gasteiger charge is -2.24. The fourth-order valence-electron chi connectivity index (χ4n) is 2.56. The van der Waals surface area contributed by atoms with Gasteiger partial charge < -0.3 is 4.74 Å². The van der Waals surface area contributed by atoms with E-state index in [-0.39, 0.29) is 18.0 Å². The number of pyridine rings is 1. The molecule has 1 aliphatic carbocycles. The summed E-state index contributed by atoms with van der Waals surface area (Å²) in [4.78, 5) is 16.2. The van der Waals surface area contributed by atoms with Gasteiger partial charge in [0.2, 0.25) is 0 Å². The van der Waals surface area contributed by atoms with Crippen LogP contribution in [0.5, 0.6) is 0 Å². The van der Waals surface area contributed by atoms with E-state index in [9.17, 15) is 4.79 Å². The summed E-state index contributed by atoms with van der Waals surface area (Å²) in [6.07, 6.45) is 10.1. The van der Waals surface area contributed by atoms with Gasteiger partial charge in [-0.1, -0.05) is 13.3 Å². The van der Waals surface area contributed by atoms with Gasteiger partial charge in [0.05, 0.1) is 5.92 Å². The molecule has 0 bridgehead atoms. The van der Waals surface area contributed by atoms with Crippen molar-refractivity contribution >= 4 is 5.97 Å². The normalized spacial score (nSPS) is 18.3. The average molecular weight is 247 g/mol. The Morgan fingerprint density at radius 1 is 1.33 bits per heavy atom. The standard InChI is InChI=1S/C15H21NO2/c1-2-14(12-8-10-16-11-9-12)15(17)18-13-6-4-3-5-7-13/h8-11,13-14H,2-7H2,1H3. The predicted molar refractivity (Wildman–Crippen MR) is 70.2 cm³/mol. The maximum absolute atomic E-state index is 12.2. The molecule has 1 fully saturated rings. The SMILES string of the molecule is CCC(C(=O)OC1CCCCC1)c1ccncc1. The number of rotatable bonds is 4. The van der Waals surface area contributed by atoms with Gasteiger partial charge in [0.1, 0.15) is 6.10 Å². The average Bonchev–Trinajstić information content (AvgIpc) is 2.42. The Balaban J connectivity index is 1.97. The zero-order chi connectivity index (χ0) is 12.8. The molecule has 0 amide bonds. The molecule has 1 saturated carbocycles. The molecule has 98 valence electrons. The summed E-state index contributed by atoms with van der Waals surface area (Å²) in [5.41, 5.74) is 1.01. The van der Waals surface area contributed by atoms with Crippen LogP contribution in [0.15, 0.2) is 24.5 Å². The zero-order valence-electron chi connectivity index (χ0n) is 11.0. The molecule has 1 aromatic heterocycles.